The van der Waals surface area contributed by atoms with Gasteiger partial charge in [-0.25, -0.2) is 0 Å². The third-order valence-corrected chi connectivity index (χ3v) is 6.44. The number of likely N-dealkylation sites (tertiary alicyclic amines) is 1. The molecule has 1 aromatic rings. The third-order valence-electron chi connectivity index (χ3n) is 6.44. The molecule has 0 aromatic heterocycles. The first-order chi connectivity index (χ1) is 13.7. The van der Waals surface area contributed by atoms with Gasteiger partial charge in [-0.05, 0) is 61.1 Å². The number of amides is 1. The average Bonchev–Trinajstić information content (AvgIpc) is 2.70. The Morgan fingerprint density at radius 3 is 2.64 bits per heavy atom. The molecule has 1 heterocycles. The topological polar surface area (TPSA) is 41.6 Å². The van der Waals surface area contributed by atoms with Crippen LogP contribution in [0.5, 0.6) is 5.75 Å². The summed E-state index contributed by atoms with van der Waals surface area (Å²) in [5.74, 6) is 3.19. The molecule has 5 heteroatoms. The average molecular weight is 387 g/mol. The molecule has 28 heavy (non-hydrogen) atoms. The highest BCUT2D eigenvalue weighted by molar-refractivity contribution is 5.79. The van der Waals surface area contributed by atoms with E-state index in [0.29, 0.717) is 24.8 Å². The van der Waals surface area contributed by atoms with Crippen LogP contribution in [0.4, 0.5) is 4.39 Å². The van der Waals surface area contributed by atoms with Gasteiger partial charge in [-0.2, -0.15) is 0 Å². The van der Waals surface area contributed by atoms with Gasteiger partial charge in [-0.3, -0.25) is 14.1 Å². The van der Waals surface area contributed by atoms with E-state index in [4.69, 9.17) is 4.74 Å². The van der Waals surface area contributed by atoms with Crippen molar-refractivity contribution in [2.24, 2.45) is 23.7 Å². The number of nitrogens with zero attached hydrogens (tertiary/aromatic N) is 1. The van der Waals surface area contributed by atoms with Crippen LogP contribution in [0.25, 0.3) is 0 Å². The first-order valence-corrected chi connectivity index (χ1v) is 10.7. The van der Waals surface area contributed by atoms with Crippen LogP contribution in [0.15, 0.2) is 36.4 Å². The highest BCUT2D eigenvalue weighted by Crippen LogP contribution is 2.40. The Labute approximate surface area is 167 Å². The molecular formula is C23H31FN2O2. The Hall–Kier alpha value is -1.88. The normalized spacial score (nSPS) is 26.8. The van der Waals surface area contributed by atoms with Crippen LogP contribution in [0.2, 0.25) is 0 Å². The molecule has 1 saturated heterocycles. The Kier molecular flexibility index (Phi) is 6.30. The second-order valence-electron chi connectivity index (χ2n) is 8.56. The summed E-state index contributed by atoms with van der Waals surface area (Å²) < 4.78 is 18.1. The second-order valence-corrected chi connectivity index (χ2v) is 8.56. The van der Waals surface area contributed by atoms with E-state index in [9.17, 15) is 9.18 Å². The molecule has 5 rings (SSSR count). The predicted octanol–water partition coefficient (Wildman–Crippen LogP) is 3.58. The van der Waals surface area contributed by atoms with E-state index < -0.39 is 0 Å². The van der Waals surface area contributed by atoms with Crippen molar-refractivity contribution in [1.82, 2.24) is 10.2 Å². The fraction of sp³-hybridized carbons (Fsp3) is 0.609. The summed E-state index contributed by atoms with van der Waals surface area (Å²) in [5.41, 5.74) is 1.24. The number of rotatable bonds is 9. The lowest BCUT2D eigenvalue weighted by Crippen LogP contribution is -2.53. The minimum absolute atomic E-state index is 0.0436. The molecule has 2 fully saturated rings. The van der Waals surface area contributed by atoms with Crippen LogP contribution in [-0.4, -0.2) is 43.7 Å². The maximum absolute atomic E-state index is 12.1. The van der Waals surface area contributed by atoms with E-state index >= 15 is 0 Å². The van der Waals surface area contributed by atoms with Crippen molar-refractivity contribution in [1.29, 1.82) is 0 Å². The summed E-state index contributed by atoms with van der Waals surface area (Å²) in [6.07, 6.45) is 9.14. The number of allylic oxidation sites excluding steroid dienone is 2. The molecule has 4 nitrogen and oxygen atoms in total. The number of alkyl halides is 1. The summed E-state index contributed by atoms with van der Waals surface area (Å²) in [6, 6.07) is 8.37. The van der Waals surface area contributed by atoms with Crippen molar-refractivity contribution in [3.05, 3.63) is 42.0 Å². The fourth-order valence-electron chi connectivity index (χ4n) is 4.68. The maximum atomic E-state index is 12.1. The van der Waals surface area contributed by atoms with Crippen molar-refractivity contribution >= 4 is 5.91 Å². The van der Waals surface area contributed by atoms with Crippen LogP contribution >= 0.6 is 0 Å². The highest BCUT2D eigenvalue weighted by Gasteiger charge is 2.33. The maximum Gasteiger partial charge on any atom is 0.225 e. The number of ether oxygens (including phenoxy) is 1. The van der Waals surface area contributed by atoms with Gasteiger partial charge in [0.25, 0.3) is 0 Å². The molecule has 3 unspecified atom stereocenters. The van der Waals surface area contributed by atoms with Gasteiger partial charge in [0, 0.05) is 26.2 Å². The van der Waals surface area contributed by atoms with Crippen LogP contribution in [-0.2, 0) is 11.3 Å². The molecule has 0 spiro atoms. The number of carbonyl (C=O) groups excluding carboxylic acids is 1. The summed E-state index contributed by atoms with van der Waals surface area (Å²) in [5, 5.41) is 2.80. The zero-order valence-corrected chi connectivity index (χ0v) is 16.5. The van der Waals surface area contributed by atoms with E-state index in [0.717, 1.165) is 37.9 Å². The monoisotopic (exact) mass is 386 g/mol. The van der Waals surface area contributed by atoms with Crippen molar-refractivity contribution in [2.45, 2.75) is 32.2 Å². The van der Waals surface area contributed by atoms with Crippen molar-refractivity contribution in [3.8, 4) is 5.75 Å². The van der Waals surface area contributed by atoms with Crippen LogP contribution in [0.3, 0.4) is 0 Å². The third kappa shape index (κ3) is 4.75. The SMILES string of the molecule is O=C(NCCCF)C1CN(Cc2ccc(OCC3CC4C=CC3CC4)cc2)C1. The minimum Gasteiger partial charge on any atom is -0.493 e. The molecular weight excluding hydrogens is 355 g/mol. The Bertz CT molecular complexity index is 684. The second kappa shape index (κ2) is 9.08. The Balaban J connectivity index is 1.16. The van der Waals surface area contributed by atoms with Gasteiger partial charge in [0.05, 0.1) is 19.2 Å². The van der Waals surface area contributed by atoms with Crippen molar-refractivity contribution in [3.63, 3.8) is 0 Å². The summed E-state index contributed by atoms with van der Waals surface area (Å²) in [4.78, 5) is 14.2. The number of hydrogen-bond donors (Lipinski definition) is 1. The Morgan fingerprint density at radius 2 is 2.00 bits per heavy atom. The first-order valence-electron chi connectivity index (χ1n) is 10.7. The molecule has 152 valence electrons. The molecule has 1 N–H and O–H groups in total. The number of benzene rings is 1. The van der Waals surface area contributed by atoms with E-state index in [1.54, 1.807) is 0 Å². The lowest BCUT2D eigenvalue weighted by atomic mass is 9.69. The molecule has 1 amide bonds. The zero-order valence-electron chi connectivity index (χ0n) is 16.5. The van der Waals surface area contributed by atoms with Crippen LogP contribution in [0.1, 0.15) is 31.2 Å². The van der Waals surface area contributed by atoms with Gasteiger partial charge in [-0.1, -0.05) is 24.3 Å². The molecule has 1 aliphatic heterocycles. The van der Waals surface area contributed by atoms with Gasteiger partial charge >= 0.3 is 0 Å². The van der Waals surface area contributed by atoms with E-state index in [1.165, 1.54) is 24.8 Å². The lowest BCUT2D eigenvalue weighted by Gasteiger charge is -2.38. The minimum atomic E-state index is -0.379. The summed E-state index contributed by atoms with van der Waals surface area (Å²) >= 11 is 0. The molecule has 3 atom stereocenters. The largest absolute Gasteiger partial charge is 0.493 e. The van der Waals surface area contributed by atoms with Crippen molar-refractivity contribution < 1.29 is 13.9 Å². The standard InChI is InChI=1S/C23H31FN2O2/c24-10-1-11-25-23(27)21-14-26(15-21)13-18-4-8-22(9-5-18)28-16-20-12-17-2-6-19(20)7-3-17/h2,4-6,8-9,17,19-21H,1,3,7,10-16H2,(H,25,27). The number of hydrogen-bond acceptors (Lipinski definition) is 3. The molecule has 1 saturated carbocycles. The molecule has 4 aliphatic rings. The summed E-state index contributed by atoms with van der Waals surface area (Å²) in [7, 11) is 0. The van der Waals surface area contributed by atoms with E-state index in [2.05, 4.69) is 46.6 Å². The molecule has 2 bridgehead atoms. The smallest absolute Gasteiger partial charge is 0.225 e. The quantitative estimate of drug-likeness (QED) is 0.521. The fourth-order valence-corrected chi connectivity index (χ4v) is 4.68. The number of fused-ring (bicyclic) bond motifs is 2. The highest BCUT2D eigenvalue weighted by atomic mass is 19.1. The van der Waals surface area contributed by atoms with Gasteiger partial charge in [0.1, 0.15) is 5.75 Å². The van der Waals surface area contributed by atoms with Gasteiger partial charge in [0.15, 0.2) is 0 Å². The van der Waals surface area contributed by atoms with Crippen LogP contribution in [0, 0.1) is 23.7 Å². The number of nitrogens with one attached hydrogen (secondary N) is 1. The van der Waals surface area contributed by atoms with Gasteiger partial charge in [-0.15, -0.1) is 0 Å². The van der Waals surface area contributed by atoms with E-state index in [-0.39, 0.29) is 18.5 Å². The van der Waals surface area contributed by atoms with Gasteiger partial charge < -0.3 is 10.1 Å². The first kappa shape index (κ1) is 19.4. The number of carbonyl (C=O) groups is 1. The van der Waals surface area contributed by atoms with E-state index in [1.807, 2.05) is 0 Å². The molecule has 3 aliphatic carbocycles. The van der Waals surface area contributed by atoms with Crippen LogP contribution < -0.4 is 10.1 Å². The lowest BCUT2D eigenvalue weighted by molar-refractivity contribution is -0.130. The zero-order chi connectivity index (χ0) is 19.3. The van der Waals surface area contributed by atoms with Crippen molar-refractivity contribution in [2.75, 3.05) is 32.9 Å². The molecule has 1 aromatic carbocycles. The number of halogens is 1. The molecule has 0 radical (unpaired) electrons. The van der Waals surface area contributed by atoms with Gasteiger partial charge in [0.2, 0.25) is 5.91 Å². The Morgan fingerprint density at radius 1 is 1.18 bits per heavy atom. The summed E-state index contributed by atoms with van der Waals surface area (Å²) in [6.45, 7) is 3.28. The predicted molar refractivity (Wildman–Crippen MR) is 108 cm³/mol.